The summed E-state index contributed by atoms with van der Waals surface area (Å²) in [6.07, 6.45) is -2.80. The van der Waals surface area contributed by atoms with Gasteiger partial charge in [0.05, 0.1) is 17.2 Å². The molecule has 2 unspecified atom stereocenters. The molecular formula is C24H24Cl3NO6. The summed E-state index contributed by atoms with van der Waals surface area (Å²) in [7, 11) is 0. The fraction of sp³-hybridized carbons (Fsp3) is 0.375. The summed E-state index contributed by atoms with van der Waals surface area (Å²) in [5.41, 5.74) is 0.746. The van der Waals surface area contributed by atoms with Gasteiger partial charge in [0.1, 0.15) is 6.61 Å². The topological polar surface area (TPSA) is 94.9 Å². The van der Waals surface area contributed by atoms with Crippen LogP contribution in [0.15, 0.2) is 60.7 Å². The Morgan fingerprint density at radius 2 is 1.41 bits per heavy atom. The van der Waals surface area contributed by atoms with E-state index in [1.807, 2.05) is 13.8 Å². The molecule has 0 aliphatic carbocycles. The largest absolute Gasteiger partial charge is 0.459 e. The van der Waals surface area contributed by atoms with Gasteiger partial charge in [-0.25, -0.2) is 9.59 Å². The third-order valence-electron chi connectivity index (χ3n) is 5.64. The summed E-state index contributed by atoms with van der Waals surface area (Å²) < 4.78 is 20.5. The summed E-state index contributed by atoms with van der Waals surface area (Å²) in [6, 6.07) is 17.0. The van der Waals surface area contributed by atoms with Gasteiger partial charge in [0.2, 0.25) is 12.2 Å². The maximum Gasteiger partial charge on any atom is 0.338 e. The Balaban J connectivity index is 1.76. The van der Waals surface area contributed by atoms with E-state index < -0.39 is 40.1 Å². The molecule has 0 spiro atoms. The number of carbonyl (C=O) groups is 2. The highest BCUT2D eigenvalue weighted by Crippen LogP contribution is 2.36. The van der Waals surface area contributed by atoms with E-state index in [0.29, 0.717) is 11.1 Å². The van der Waals surface area contributed by atoms with E-state index in [1.165, 1.54) is 0 Å². The van der Waals surface area contributed by atoms with Crippen LogP contribution in [0.4, 0.5) is 0 Å². The van der Waals surface area contributed by atoms with E-state index in [4.69, 9.17) is 59.2 Å². The normalized spacial score (nSPS) is 24.7. The van der Waals surface area contributed by atoms with Crippen molar-refractivity contribution in [3.63, 3.8) is 0 Å². The van der Waals surface area contributed by atoms with Gasteiger partial charge in [0.25, 0.3) is 3.79 Å². The second kappa shape index (κ2) is 11.4. The molecule has 7 nitrogen and oxygen atoms in total. The molecule has 0 saturated carbocycles. The molecule has 34 heavy (non-hydrogen) atoms. The zero-order chi connectivity index (χ0) is 24.9. The van der Waals surface area contributed by atoms with Gasteiger partial charge in [0.15, 0.2) is 6.10 Å². The second-order valence-electron chi connectivity index (χ2n) is 7.91. The number of ether oxygens (including phenoxy) is 4. The van der Waals surface area contributed by atoms with Gasteiger partial charge < -0.3 is 18.9 Å². The van der Waals surface area contributed by atoms with Crippen molar-refractivity contribution in [1.29, 1.82) is 5.41 Å². The van der Waals surface area contributed by atoms with Crippen molar-refractivity contribution in [3.05, 3.63) is 71.8 Å². The molecule has 10 heteroatoms. The average molecular weight is 529 g/mol. The van der Waals surface area contributed by atoms with E-state index in [0.717, 1.165) is 0 Å². The maximum absolute atomic E-state index is 12.7. The molecule has 2 aromatic rings. The summed E-state index contributed by atoms with van der Waals surface area (Å²) in [5, 5.41) is 7.95. The van der Waals surface area contributed by atoms with E-state index in [-0.39, 0.29) is 18.4 Å². The number of benzene rings is 2. The van der Waals surface area contributed by atoms with Crippen LogP contribution in [0.5, 0.6) is 0 Å². The summed E-state index contributed by atoms with van der Waals surface area (Å²) >= 11 is 17.3. The predicted octanol–water partition coefficient (Wildman–Crippen LogP) is 5.43. The van der Waals surface area contributed by atoms with E-state index >= 15 is 0 Å². The second-order valence-corrected chi connectivity index (χ2v) is 10.2. The Bertz CT molecular complexity index is 997. The van der Waals surface area contributed by atoms with E-state index in [9.17, 15) is 9.59 Å². The molecule has 1 saturated heterocycles. The predicted molar refractivity (Wildman–Crippen MR) is 128 cm³/mol. The standard InChI is InChI=1S/C24H24Cl3NO6/c1-14-15(2)19(33-21(30)17-11-7-4-8-12-17)22(34-23(28)24(25,26)27)32-18(14)13-31-20(29)16-9-5-3-6-10-16/h3-12,14-15,18-19,22,28H,13H2,1-2H3/t14-,15-,18?,19?,22-/m0/s1. The third-order valence-corrected chi connectivity index (χ3v) is 6.16. The van der Waals surface area contributed by atoms with Gasteiger partial charge in [-0.1, -0.05) is 85.0 Å². The van der Waals surface area contributed by atoms with Crippen LogP contribution < -0.4 is 0 Å². The molecule has 2 aromatic carbocycles. The van der Waals surface area contributed by atoms with Crippen LogP contribution in [0.2, 0.25) is 0 Å². The minimum absolute atomic E-state index is 0.0838. The lowest BCUT2D eigenvalue weighted by molar-refractivity contribution is -0.249. The number of carbonyl (C=O) groups excluding carboxylic acids is 2. The first-order valence-electron chi connectivity index (χ1n) is 10.5. The number of alkyl halides is 3. The Kier molecular flexibility index (Phi) is 8.82. The smallest absolute Gasteiger partial charge is 0.338 e. The number of nitrogens with one attached hydrogen (secondary N) is 1. The molecule has 0 aromatic heterocycles. The molecule has 1 N–H and O–H groups in total. The van der Waals surface area contributed by atoms with Crippen LogP contribution in [0, 0.1) is 17.2 Å². The first-order valence-corrected chi connectivity index (χ1v) is 11.7. The van der Waals surface area contributed by atoms with Crippen molar-refractivity contribution in [3.8, 4) is 0 Å². The van der Waals surface area contributed by atoms with Gasteiger partial charge in [-0.3, -0.25) is 5.41 Å². The number of esters is 2. The minimum Gasteiger partial charge on any atom is -0.459 e. The van der Waals surface area contributed by atoms with Crippen LogP contribution in [0.1, 0.15) is 34.6 Å². The third kappa shape index (κ3) is 6.63. The van der Waals surface area contributed by atoms with Gasteiger partial charge in [-0.2, -0.15) is 0 Å². The number of halogens is 3. The molecule has 1 heterocycles. The molecule has 0 bridgehead atoms. The first kappa shape index (κ1) is 26.3. The lowest BCUT2D eigenvalue weighted by atomic mass is 9.83. The zero-order valence-corrected chi connectivity index (χ0v) is 20.7. The van der Waals surface area contributed by atoms with Crippen LogP contribution in [0.3, 0.4) is 0 Å². The Morgan fingerprint density at radius 1 is 0.882 bits per heavy atom. The Hall–Kier alpha value is -2.32. The zero-order valence-electron chi connectivity index (χ0n) is 18.5. The summed E-state index contributed by atoms with van der Waals surface area (Å²) in [6.45, 7) is 3.64. The molecule has 1 aliphatic rings. The minimum atomic E-state index is -2.14. The molecule has 0 radical (unpaired) electrons. The monoisotopic (exact) mass is 527 g/mol. The molecule has 182 valence electrons. The van der Waals surface area contributed by atoms with Crippen molar-refractivity contribution < 1.29 is 28.5 Å². The highest BCUT2D eigenvalue weighted by Gasteiger charge is 2.47. The Morgan fingerprint density at radius 3 is 1.94 bits per heavy atom. The lowest BCUT2D eigenvalue weighted by Crippen LogP contribution is -2.54. The van der Waals surface area contributed by atoms with Gasteiger partial charge in [-0.15, -0.1) is 0 Å². The molecule has 1 aliphatic heterocycles. The van der Waals surface area contributed by atoms with Crippen LogP contribution >= 0.6 is 34.8 Å². The van der Waals surface area contributed by atoms with Crippen LogP contribution in [0.25, 0.3) is 0 Å². The summed E-state index contributed by atoms with van der Waals surface area (Å²) in [5.74, 6) is -2.30. The maximum atomic E-state index is 12.7. The fourth-order valence-corrected chi connectivity index (χ4v) is 3.61. The van der Waals surface area contributed by atoms with Gasteiger partial charge in [-0.05, 0) is 30.2 Å². The lowest BCUT2D eigenvalue weighted by Gasteiger charge is -2.43. The highest BCUT2D eigenvalue weighted by molar-refractivity contribution is 6.76. The molecule has 3 rings (SSSR count). The van der Waals surface area contributed by atoms with E-state index in [1.54, 1.807) is 60.7 Å². The van der Waals surface area contributed by atoms with Gasteiger partial charge in [0, 0.05) is 5.92 Å². The molecule has 5 atom stereocenters. The quantitative estimate of drug-likeness (QED) is 0.232. The number of rotatable bonds is 6. The first-order chi connectivity index (χ1) is 16.1. The van der Waals surface area contributed by atoms with Crippen LogP contribution in [-0.4, -0.2) is 46.7 Å². The van der Waals surface area contributed by atoms with Crippen molar-refractivity contribution >= 4 is 52.6 Å². The van der Waals surface area contributed by atoms with E-state index in [2.05, 4.69) is 0 Å². The Labute approximate surface area is 212 Å². The van der Waals surface area contributed by atoms with Crippen molar-refractivity contribution in [2.45, 2.75) is 36.1 Å². The SMILES string of the molecule is C[C@@H]1C(COC(=O)c2ccccc2)O[C@@H](OC(=N)C(Cl)(Cl)Cl)C(OC(=O)c2ccccc2)[C@H]1C. The van der Waals surface area contributed by atoms with Gasteiger partial charge >= 0.3 is 11.9 Å². The average Bonchev–Trinajstić information content (AvgIpc) is 2.82. The molecule has 1 fully saturated rings. The molecular weight excluding hydrogens is 505 g/mol. The highest BCUT2D eigenvalue weighted by atomic mass is 35.6. The van der Waals surface area contributed by atoms with Crippen molar-refractivity contribution in [2.24, 2.45) is 11.8 Å². The van der Waals surface area contributed by atoms with Crippen molar-refractivity contribution in [2.75, 3.05) is 6.61 Å². The number of hydrogen-bond donors (Lipinski definition) is 1. The van der Waals surface area contributed by atoms with Crippen LogP contribution in [-0.2, 0) is 18.9 Å². The summed E-state index contributed by atoms with van der Waals surface area (Å²) in [4.78, 5) is 25.1. The van der Waals surface area contributed by atoms with Crippen molar-refractivity contribution in [1.82, 2.24) is 0 Å². The number of hydrogen-bond acceptors (Lipinski definition) is 7. The fourth-order valence-electron chi connectivity index (χ4n) is 3.47. The molecule has 0 amide bonds.